The Bertz CT molecular complexity index is 1010. The minimum Gasteiger partial charge on any atom is -0.497 e. The number of halogens is 3. The van der Waals surface area contributed by atoms with Crippen molar-refractivity contribution in [2.24, 2.45) is 0 Å². The maximum absolute atomic E-state index is 12.5. The van der Waals surface area contributed by atoms with E-state index in [0.717, 1.165) is 11.1 Å². The van der Waals surface area contributed by atoms with E-state index in [2.05, 4.69) is 10.1 Å². The van der Waals surface area contributed by atoms with Crippen LogP contribution in [0.2, 0.25) is 0 Å². The smallest absolute Gasteiger partial charge is 0.422 e. The molecule has 166 valence electrons. The number of methoxy groups -OCH3 is 1. The van der Waals surface area contributed by atoms with Gasteiger partial charge in [-0.1, -0.05) is 29.4 Å². The Labute approximate surface area is 178 Å². The van der Waals surface area contributed by atoms with Gasteiger partial charge >= 0.3 is 6.18 Å². The molecule has 0 aliphatic carbocycles. The number of hydrogen-bond acceptors (Lipinski definition) is 6. The zero-order chi connectivity index (χ0) is 22.6. The Morgan fingerprint density at radius 2 is 1.77 bits per heavy atom. The standard InChI is InChI=1S/C22H24F3N3O3/c1-14-8-16(9-15(2)20(14)30-13-22(23,24)25)11-28(3)12-19-26-21(27-31-19)17-6-5-7-18(10-17)29-4/h5-10H,11-13H2,1-4H3. The van der Waals surface area contributed by atoms with Crippen LogP contribution in [0.4, 0.5) is 13.2 Å². The van der Waals surface area contributed by atoms with E-state index in [1.807, 2.05) is 48.3 Å². The van der Waals surface area contributed by atoms with Crippen LogP contribution in [0.5, 0.6) is 11.5 Å². The highest BCUT2D eigenvalue weighted by molar-refractivity contribution is 5.56. The van der Waals surface area contributed by atoms with Crippen molar-refractivity contribution in [1.82, 2.24) is 15.0 Å². The van der Waals surface area contributed by atoms with E-state index in [1.165, 1.54) is 0 Å². The van der Waals surface area contributed by atoms with Crippen LogP contribution in [0.1, 0.15) is 22.6 Å². The fourth-order valence-corrected chi connectivity index (χ4v) is 3.31. The summed E-state index contributed by atoms with van der Waals surface area (Å²) in [7, 11) is 3.49. The van der Waals surface area contributed by atoms with Gasteiger partial charge in [-0.3, -0.25) is 4.90 Å². The normalized spacial score (nSPS) is 11.7. The highest BCUT2D eigenvalue weighted by Crippen LogP contribution is 2.28. The van der Waals surface area contributed by atoms with Crippen molar-refractivity contribution >= 4 is 0 Å². The maximum Gasteiger partial charge on any atom is 0.422 e. The van der Waals surface area contributed by atoms with Crippen molar-refractivity contribution in [3.8, 4) is 22.9 Å². The molecule has 3 rings (SSSR count). The minimum atomic E-state index is -4.37. The maximum atomic E-state index is 12.5. The molecule has 0 aliphatic heterocycles. The average Bonchev–Trinajstić information content (AvgIpc) is 3.14. The molecular formula is C22H24F3N3O3. The first-order chi connectivity index (χ1) is 14.6. The lowest BCUT2D eigenvalue weighted by Gasteiger charge is -2.18. The van der Waals surface area contributed by atoms with Gasteiger partial charge in [0.2, 0.25) is 11.7 Å². The van der Waals surface area contributed by atoms with Gasteiger partial charge in [-0.15, -0.1) is 0 Å². The number of hydrogen-bond donors (Lipinski definition) is 0. The third-order valence-corrected chi connectivity index (χ3v) is 4.55. The van der Waals surface area contributed by atoms with Crippen LogP contribution in [0.25, 0.3) is 11.4 Å². The molecule has 0 radical (unpaired) electrons. The van der Waals surface area contributed by atoms with Crippen LogP contribution in [-0.4, -0.2) is 42.0 Å². The predicted octanol–water partition coefficient (Wildman–Crippen LogP) is 4.94. The predicted molar refractivity (Wildman–Crippen MR) is 109 cm³/mol. The van der Waals surface area contributed by atoms with Crippen LogP contribution in [0.3, 0.4) is 0 Å². The second-order valence-corrected chi connectivity index (χ2v) is 7.38. The molecule has 6 nitrogen and oxygen atoms in total. The first-order valence-corrected chi connectivity index (χ1v) is 9.60. The molecule has 2 aromatic carbocycles. The third kappa shape index (κ3) is 6.21. The molecule has 0 unspecified atom stereocenters. The molecule has 0 fully saturated rings. The van der Waals surface area contributed by atoms with Crippen LogP contribution in [0.15, 0.2) is 40.9 Å². The highest BCUT2D eigenvalue weighted by Gasteiger charge is 2.29. The average molecular weight is 435 g/mol. The minimum absolute atomic E-state index is 0.267. The summed E-state index contributed by atoms with van der Waals surface area (Å²) in [6.07, 6.45) is -4.37. The van der Waals surface area contributed by atoms with Gasteiger partial charge in [0.1, 0.15) is 11.5 Å². The summed E-state index contributed by atoms with van der Waals surface area (Å²) in [6, 6.07) is 11.0. The molecule has 9 heteroatoms. The zero-order valence-electron chi connectivity index (χ0n) is 17.8. The highest BCUT2D eigenvalue weighted by atomic mass is 19.4. The van der Waals surface area contributed by atoms with E-state index in [-0.39, 0.29) is 5.75 Å². The number of ether oxygens (including phenoxy) is 2. The molecule has 0 atom stereocenters. The van der Waals surface area contributed by atoms with Gasteiger partial charge in [0.25, 0.3) is 0 Å². The number of alkyl halides is 3. The quantitative estimate of drug-likeness (QED) is 0.500. The SMILES string of the molecule is COc1cccc(-c2noc(CN(C)Cc3cc(C)c(OCC(F)(F)F)c(C)c3)n2)c1. The Hall–Kier alpha value is -3.07. The zero-order valence-corrected chi connectivity index (χ0v) is 17.8. The van der Waals surface area contributed by atoms with Gasteiger partial charge in [-0.25, -0.2) is 0 Å². The molecule has 0 aliphatic rings. The van der Waals surface area contributed by atoms with Gasteiger partial charge in [0.15, 0.2) is 6.61 Å². The van der Waals surface area contributed by atoms with E-state index in [1.54, 1.807) is 21.0 Å². The lowest BCUT2D eigenvalue weighted by atomic mass is 10.1. The number of rotatable bonds is 8. The van der Waals surface area contributed by atoms with Gasteiger partial charge in [-0.05, 0) is 49.7 Å². The lowest BCUT2D eigenvalue weighted by molar-refractivity contribution is -0.153. The van der Waals surface area contributed by atoms with E-state index >= 15 is 0 Å². The second-order valence-electron chi connectivity index (χ2n) is 7.38. The first-order valence-electron chi connectivity index (χ1n) is 9.60. The monoisotopic (exact) mass is 435 g/mol. The van der Waals surface area contributed by atoms with Gasteiger partial charge in [0, 0.05) is 12.1 Å². The third-order valence-electron chi connectivity index (χ3n) is 4.55. The van der Waals surface area contributed by atoms with Crippen molar-refractivity contribution in [3.05, 3.63) is 59.0 Å². The van der Waals surface area contributed by atoms with Crippen molar-refractivity contribution in [1.29, 1.82) is 0 Å². The topological polar surface area (TPSA) is 60.6 Å². The number of nitrogens with zero attached hydrogens (tertiary/aromatic N) is 3. The summed E-state index contributed by atoms with van der Waals surface area (Å²) < 4.78 is 52.9. The number of aromatic nitrogens is 2. The van der Waals surface area contributed by atoms with E-state index in [9.17, 15) is 13.2 Å². The molecule has 0 saturated heterocycles. The fourth-order valence-electron chi connectivity index (χ4n) is 3.31. The van der Waals surface area contributed by atoms with Crippen LogP contribution in [-0.2, 0) is 13.1 Å². The Morgan fingerprint density at radius 3 is 2.42 bits per heavy atom. The number of aryl methyl sites for hydroxylation is 2. The molecule has 0 bridgehead atoms. The molecule has 1 aromatic heterocycles. The van der Waals surface area contributed by atoms with E-state index < -0.39 is 12.8 Å². The summed E-state index contributed by atoms with van der Waals surface area (Å²) in [4.78, 5) is 6.41. The Balaban J connectivity index is 1.64. The van der Waals surface area contributed by atoms with Crippen molar-refractivity contribution < 1.29 is 27.2 Å². The van der Waals surface area contributed by atoms with Crippen LogP contribution in [0, 0.1) is 13.8 Å². The lowest BCUT2D eigenvalue weighted by Crippen LogP contribution is -2.20. The molecule has 1 heterocycles. The van der Waals surface area contributed by atoms with Gasteiger partial charge < -0.3 is 14.0 Å². The molecule has 0 saturated carbocycles. The Kier molecular flexibility index (Phi) is 6.84. The molecule has 0 N–H and O–H groups in total. The van der Waals surface area contributed by atoms with Gasteiger partial charge in [-0.2, -0.15) is 18.2 Å². The summed E-state index contributed by atoms with van der Waals surface area (Å²) in [5.41, 5.74) is 3.05. The fraction of sp³-hybridized carbons (Fsp3) is 0.364. The van der Waals surface area contributed by atoms with Gasteiger partial charge in [0.05, 0.1) is 13.7 Å². The largest absolute Gasteiger partial charge is 0.497 e. The summed E-state index contributed by atoms with van der Waals surface area (Å²) in [6.45, 7) is 3.14. The van der Waals surface area contributed by atoms with Crippen molar-refractivity contribution in [3.63, 3.8) is 0 Å². The molecule has 0 spiro atoms. The molecule has 0 amide bonds. The molecule has 31 heavy (non-hydrogen) atoms. The van der Waals surface area contributed by atoms with Crippen LogP contribution >= 0.6 is 0 Å². The molecular weight excluding hydrogens is 411 g/mol. The van der Waals surface area contributed by atoms with Crippen LogP contribution < -0.4 is 9.47 Å². The second kappa shape index (κ2) is 9.38. The Morgan fingerprint density at radius 1 is 1.06 bits per heavy atom. The summed E-state index contributed by atoms with van der Waals surface area (Å²) in [5.74, 6) is 1.90. The van der Waals surface area contributed by atoms with Crippen molar-refractivity contribution in [2.45, 2.75) is 33.1 Å². The summed E-state index contributed by atoms with van der Waals surface area (Å²) >= 11 is 0. The molecule has 3 aromatic rings. The number of benzene rings is 2. The van der Waals surface area contributed by atoms with E-state index in [4.69, 9.17) is 14.0 Å². The summed E-state index contributed by atoms with van der Waals surface area (Å²) in [5, 5.41) is 4.03. The van der Waals surface area contributed by atoms with E-state index in [0.29, 0.717) is 41.7 Å². The first kappa shape index (κ1) is 22.6. The van der Waals surface area contributed by atoms with Crippen molar-refractivity contribution in [2.75, 3.05) is 20.8 Å².